The van der Waals surface area contributed by atoms with Crippen LogP contribution in [-0.2, 0) is 6.54 Å². The Morgan fingerprint density at radius 2 is 1.77 bits per heavy atom. The van der Waals surface area contributed by atoms with Gasteiger partial charge in [0.1, 0.15) is 0 Å². The molecule has 5 aromatic rings. The Bertz CT molecular complexity index is 1470. The predicted molar refractivity (Wildman–Crippen MR) is 120 cm³/mol. The van der Waals surface area contributed by atoms with Crippen LogP contribution in [-0.4, -0.2) is 15.0 Å². The molecular weight excluding hydrogens is 389 g/mol. The molecule has 0 saturated heterocycles. The first kappa shape index (κ1) is 18.6. The Kier molecular flexibility index (Phi) is 4.70. The van der Waals surface area contributed by atoms with Crippen molar-refractivity contribution < 1.29 is 4.39 Å². The highest BCUT2D eigenvalue weighted by molar-refractivity contribution is 5.85. The Morgan fingerprint density at radius 1 is 0.871 bits per heavy atom. The van der Waals surface area contributed by atoms with E-state index in [-0.39, 0.29) is 5.82 Å². The van der Waals surface area contributed by atoms with Crippen molar-refractivity contribution in [3.63, 3.8) is 0 Å². The molecule has 0 spiro atoms. The molecule has 0 unspecified atom stereocenters. The van der Waals surface area contributed by atoms with Crippen molar-refractivity contribution in [1.82, 2.24) is 15.0 Å². The van der Waals surface area contributed by atoms with Crippen LogP contribution in [0.4, 0.5) is 15.9 Å². The number of fused-ring (bicyclic) bond motifs is 2. The van der Waals surface area contributed by atoms with Gasteiger partial charge in [-0.2, -0.15) is 0 Å². The Hall–Kier alpha value is -4.37. The molecule has 0 atom stereocenters. The number of hydrogen-bond acceptors (Lipinski definition) is 4. The number of aromatic nitrogens is 3. The summed E-state index contributed by atoms with van der Waals surface area (Å²) < 4.78 is 15.2. The fraction of sp³-hybridized carbons (Fsp3) is 0.0400. The molecule has 3 aromatic heterocycles. The van der Waals surface area contributed by atoms with E-state index in [1.54, 1.807) is 30.7 Å². The molecule has 0 saturated carbocycles. The van der Waals surface area contributed by atoms with Crippen molar-refractivity contribution in [3.8, 4) is 11.1 Å². The number of rotatable bonds is 4. The smallest absolute Gasteiger partial charge is 0.205 e. The van der Waals surface area contributed by atoms with E-state index in [1.165, 1.54) is 0 Å². The maximum atomic E-state index is 15.2. The van der Waals surface area contributed by atoms with Gasteiger partial charge in [-0.1, -0.05) is 24.3 Å². The summed E-state index contributed by atoms with van der Waals surface area (Å²) in [6.07, 6.45) is 4.89. The standard InChI is InChI=1S/C25H16FN5/c1-27-20-13-19-5-4-16(11-23(19)30-15-20)14-31-25-24(26)21(8-10-29-25)17-6-7-22-18(12-17)3-2-9-28-22/h2-13,15H,14H2,(H,29,31). The van der Waals surface area contributed by atoms with E-state index in [0.29, 0.717) is 17.8 Å². The Morgan fingerprint density at radius 3 is 2.68 bits per heavy atom. The number of halogens is 1. The van der Waals surface area contributed by atoms with E-state index >= 15 is 4.39 Å². The minimum absolute atomic E-state index is 0.195. The van der Waals surface area contributed by atoms with Crippen molar-refractivity contribution >= 4 is 33.3 Å². The zero-order valence-corrected chi connectivity index (χ0v) is 16.4. The SMILES string of the molecule is [C-]#[N+]c1cnc2cc(CNc3nccc(-c4ccc5ncccc5c4)c3F)ccc2c1. The first-order valence-electron chi connectivity index (χ1n) is 9.71. The van der Waals surface area contributed by atoms with Gasteiger partial charge in [-0.05, 0) is 52.9 Å². The summed E-state index contributed by atoms with van der Waals surface area (Å²) in [5.74, 6) is -0.202. The summed E-state index contributed by atoms with van der Waals surface area (Å²) in [5.41, 5.74) is 4.36. The van der Waals surface area contributed by atoms with Gasteiger partial charge in [-0.15, -0.1) is 0 Å². The lowest BCUT2D eigenvalue weighted by Crippen LogP contribution is -2.04. The molecule has 0 fully saturated rings. The largest absolute Gasteiger partial charge is 0.364 e. The van der Waals surface area contributed by atoms with Crippen LogP contribution in [0.25, 0.3) is 37.8 Å². The van der Waals surface area contributed by atoms with E-state index in [1.807, 2.05) is 48.5 Å². The third-order valence-electron chi connectivity index (χ3n) is 5.13. The summed E-state index contributed by atoms with van der Waals surface area (Å²) in [4.78, 5) is 16.2. The number of pyridine rings is 3. The molecule has 0 amide bonds. The zero-order chi connectivity index (χ0) is 21.2. The van der Waals surface area contributed by atoms with Gasteiger partial charge in [0, 0.05) is 36.1 Å². The molecule has 2 aromatic carbocycles. The van der Waals surface area contributed by atoms with Crippen molar-refractivity contribution in [3.05, 3.63) is 102 Å². The third-order valence-corrected chi connectivity index (χ3v) is 5.13. The van der Waals surface area contributed by atoms with Crippen LogP contribution >= 0.6 is 0 Å². The maximum absolute atomic E-state index is 15.2. The van der Waals surface area contributed by atoms with Crippen LogP contribution in [0.15, 0.2) is 79.3 Å². The van der Waals surface area contributed by atoms with Gasteiger partial charge in [-0.25, -0.2) is 14.2 Å². The van der Waals surface area contributed by atoms with Crippen molar-refractivity contribution in [1.29, 1.82) is 0 Å². The van der Waals surface area contributed by atoms with Gasteiger partial charge in [-0.3, -0.25) is 9.97 Å². The summed E-state index contributed by atoms with van der Waals surface area (Å²) in [6, 6.07) is 18.7. The van der Waals surface area contributed by atoms with Crippen LogP contribution < -0.4 is 5.32 Å². The molecule has 0 aliphatic heterocycles. The molecule has 0 radical (unpaired) electrons. The second-order valence-corrected chi connectivity index (χ2v) is 7.12. The van der Waals surface area contributed by atoms with Gasteiger partial charge in [0.15, 0.2) is 11.6 Å². The molecule has 31 heavy (non-hydrogen) atoms. The van der Waals surface area contributed by atoms with E-state index in [9.17, 15) is 0 Å². The highest BCUT2D eigenvalue weighted by Gasteiger charge is 2.12. The minimum atomic E-state index is -0.397. The maximum Gasteiger partial charge on any atom is 0.205 e. The topological polar surface area (TPSA) is 55.1 Å². The average molecular weight is 405 g/mol. The van der Waals surface area contributed by atoms with Crippen molar-refractivity contribution in [2.75, 3.05) is 5.32 Å². The first-order chi connectivity index (χ1) is 15.2. The lowest BCUT2D eigenvalue weighted by Gasteiger charge is -2.11. The van der Waals surface area contributed by atoms with Gasteiger partial charge in [0.2, 0.25) is 5.69 Å². The number of nitrogens with zero attached hydrogens (tertiary/aromatic N) is 4. The molecule has 3 heterocycles. The second-order valence-electron chi connectivity index (χ2n) is 7.12. The second kappa shape index (κ2) is 7.81. The van der Waals surface area contributed by atoms with E-state index in [2.05, 4.69) is 25.1 Å². The van der Waals surface area contributed by atoms with Crippen LogP contribution in [0.1, 0.15) is 5.56 Å². The zero-order valence-electron chi connectivity index (χ0n) is 16.4. The highest BCUT2D eigenvalue weighted by atomic mass is 19.1. The van der Waals surface area contributed by atoms with Gasteiger partial charge in [0.05, 0.1) is 17.6 Å². The molecule has 6 heteroatoms. The highest BCUT2D eigenvalue weighted by Crippen LogP contribution is 2.29. The quantitative estimate of drug-likeness (QED) is 0.365. The molecular formula is C25H16FN5. The molecule has 5 nitrogen and oxygen atoms in total. The molecule has 5 rings (SSSR count). The van der Waals surface area contributed by atoms with Crippen molar-refractivity contribution in [2.24, 2.45) is 0 Å². The first-order valence-corrected chi connectivity index (χ1v) is 9.71. The van der Waals surface area contributed by atoms with Crippen LogP contribution in [0.2, 0.25) is 0 Å². The molecule has 148 valence electrons. The fourth-order valence-electron chi connectivity index (χ4n) is 3.55. The van der Waals surface area contributed by atoms with Crippen LogP contribution in [0.5, 0.6) is 0 Å². The molecule has 0 aliphatic rings. The number of anilines is 1. The number of nitrogens with one attached hydrogen (secondary N) is 1. The summed E-state index contributed by atoms with van der Waals surface area (Å²) in [6.45, 7) is 7.49. The monoisotopic (exact) mass is 405 g/mol. The molecule has 1 N–H and O–H groups in total. The summed E-state index contributed by atoms with van der Waals surface area (Å²) >= 11 is 0. The van der Waals surface area contributed by atoms with E-state index in [0.717, 1.165) is 32.9 Å². The van der Waals surface area contributed by atoms with Gasteiger partial charge in [0.25, 0.3) is 0 Å². The van der Waals surface area contributed by atoms with E-state index in [4.69, 9.17) is 6.57 Å². The number of benzene rings is 2. The van der Waals surface area contributed by atoms with Crippen LogP contribution in [0.3, 0.4) is 0 Å². The third kappa shape index (κ3) is 3.65. The summed E-state index contributed by atoms with van der Waals surface area (Å²) in [5, 5.41) is 4.94. The Labute approximate surface area is 178 Å². The summed E-state index contributed by atoms with van der Waals surface area (Å²) in [7, 11) is 0. The molecule has 0 bridgehead atoms. The average Bonchev–Trinajstić information content (AvgIpc) is 2.82. The Balaban J connectivity index is 1.41. The molecule has 0 aliphatic carbocycles. The minimum Gasteiger partial charge on any atom is -0.364 e. The normalized spacial score (nSPS) is 10.8. The number of hydrogen-bond donors (Lipinski definition) is 1. The predicted octanol–water partition coefficient (Wildman–Crippen LogP) is 6.15. The van der Waals surface area contributed by atoms with Gasteiger partial charge < -0.3 is 5.32 Å². The van der Waals surface area contributed by atoms with Gasteiger partial charge >= 0.3 is 0 Å². The lowest BCUT2D eigenvalue weighted by molar-refractivity contribution is 0.628. The van der Waals surface area contributed by atoms with Crippen molar-refractivity contribution in [2.45, 2.75) is 6.54 Å². The fourth-order valence-corrected chi connectivity index (χ4v) is 3.55. The van der Waals surface area contributed by atoms with E-state index < -0.39 is 5.82 Å². The lowest BCUT2D eigenvalue weighted by atomic mass is 10.0. The van der Waals surface area contributed by atoms with Crippen LogP contribution in [0, 0.1) is 12.4 Å².